The van der Waals surface area contributed by atoms with Gasteiger partial charge in [0.2, 0.25) is 0 Å². The maximum Gasteiger partial charge on any atom is 0.255 e. The Morgan fingerprint density at radius 1 is 1.05 bits per heavy atom. The molecule has 2 fully saturated rings. The van der Waals surface area contributed by atoms with Crippen LogP contribution in [0.25, 0.3) is 11.1 Å². The fourth-order valence-electron chi connectivity index (χ4n) is 8.20. The first-order valence-electron chi connectivity index (χ1n) is 15.4. The molecule has 3 aromatic rings. The van der Waals surface area contributed by atoms with Gasteiger partial charge in [0, 0.05) is 36.0 Å². The van der Waals surface area contributed by atoms with Crippen LogP contribution in [0.1, 0.15) is 51.9 Å². The molecule has 5 atom stereocenters. The van der Waals surface area contributed by atoms with Gasteiger partial charge in [0.05, 0.1) is 17.2 Å². The van der Waals surface area contributed by atoms with Gasteiger partial charge in [-0.2, -0.15) is 5.26 Å². The van der Waals surface area contributed by atoms with Crippen molar-refractivity contribution in [2.75, 3.05) is 19.6 Å². The summed E-state index contributed by atoms with van der Waals surface area (Å²) in [5, 5.41) is 23.2. The summed E-state index contributed by atoms with van der Waals surface area (Å²) >= 11 is 0. The van der Waals surface area contributed by atoms with Gasteiger partial charge in [-0.15, -0.1) is 0 Å². The molecule has 3 aliphatic carbocycles. The Bertz CT molecular complexity index is 1620. The summed E-state index contributed by atoms with van der Waals surface area (Å²) < 4.78 is 6.61. The number of likely N-dealkylation sites (tertiary alicyclic amines) is 1. The highest BCUT2D eigenvalue weighted by atomic mass is 16.5. The standard InChI is InChI=1S/C36H35N3O3/c37-20-23-5-9-26(10-6-23)25-7-3-22(4-8-25)15-17-38-35(41)28-12-11-27-19-30-29-13-14-31(40)34-36(29,32(27)33(28)42-34)16-18-39(30)21-24-1-2-24/h3-14,24,29-31,34,40H,1-2,15-19,21H2,(H,38,41)/t29-,30?,31-,34-,36?/m0/s1. The van der Waals surface area contributed by atoms with E-state index in [0.29, 0.717) is 35.4 Å². The Morgan fingerprint density at radius 2 is 1.81 bits per heavy atom. The first-order chi connectivity index (χ1) is 20.5. The maximum absolute atomic E-state index is 13.5. The van der Waals surface area contributed by atoms with Gasteiger partial charge in [-0.25, -0.2) is 0 Å². The third-order valence-corrected chi connectivity index (χ3v) is 10.4. The summed E-state index contributed by atoms with van der Waals surface area (Å²) in [6, 6.07) is 22.6. The van der Waals surface area contributed by atoms with E-state index in [4.69, 9.17) is 10.00 Å². The van der Waals surface area contributed by atoms with E-state index in [9.17, 15) is 9.90 Å². The highest BCUT2D eigenvalue weighted by Crippen LogP contribution is 2.61. The molecule has 6 nitrogen and oxygen atoms in total. The van der Waals surface area contributed by atoms with Crippen molar-refractivity contribution < 1.29 is 14.6 Å². The summed E-state index contributed by atoms with van der Waals surface area (Å²) in [4.78, 5) is 16.2. The van der Waals surface area contributed by atoms with E-state index in [1.54, 1.807) is 0 Å². The molecular weight excluding hydrogens is 522 g/mol. The summed E-state index contributed by atoms with van der Waals surface area (Å²) in [6.07, 6.45) is 8.53. The molecular formula is C36H35N3O3. The third-order valence-electron chi connectivity index (χ3n) is 10.4. The zero-order chi connectivity index (χ0) is 28.4. The molecule has 1 saturated heterocycles. The van der Waals surface area contributed by atoms with E-state index in [1.165, 1.54) is 30.5 Å². The normalized spacial score (nSPS) is 28.5. The Hall–Kier alpha value is -3.92. The molecule has 8 rings (SSSR count). The number of nitriles is 1. The number of rotatable bonds is 7. The zero-order valence-corrected chi connectivity index (χ0v) is 23.6. The number of carbonyl (C=O) groups is 1. The van der Waals surface area contributed by atoms with Crippen molar-refractivity contribution in [1.82, 2.24) is 10.2 Å². The van der Waals surface area contributed by atoms with Crippen molar-refractivity contribution in [2.24, 2.45) is 11.8 Å². The number of hydrogen-bond donors (Lipinski definition) is 2. The number of benzene rings is 3. The largest absolute Gasteiger partial charge is 0.485 e. The monoisotopic (exact) mass is 557 g/mol. The van der Waals surface area contributed by atoms with Crippen molar-refractivity contribution in [1.29, 1.82) is 5.26 Å². The zero-order valence-electron chi connectivity index (χ0n) is 23.6. The first kappa shape index (κ1) is 25.8. The van der Waals surface area contributed by atoms with Crippen LogP contribution in [-0.4, -0.2) is 53.8 Å². The highest BCUT2D eigenvalue weighted by Gasteiger charge is 2.64. The second-order valence-corrected chi connectivity index (χ2v) is 12.8. The van der Waals surface area contributed by atoms with Gasteiger partial charge in [0.1, 0.15) is 18.0 Å². The van der Waals surface area contributed by atoms with Crippen molar-refractivity contribution in [3.05, 3.63) is 101 Å². The Labute approximate surface area is 246 Å². The predicted molar refractivity (Wildman–Crippen MR) is 160 cm³/mol. The van der Waals surface area contributed by atoms with Crippen LogP contribution in [0, 0.1) is 23.2 Å². The van der Waals surface area contributed by atoms with Crippen molar-refractivity contribution in [3.63, 3.8) is 0 Å². The second kappa shape index (κ2) is 9.83. The molecule has 2 aliphatic heterocycles. The van der Waals surface area contributed by atoms with Crippen LogP contribution in [0.5, 0.6) is 5.75 Å². The molecule has 5 aliphatic rings. The lowest BCUT2D eigenvalue weighted by molar-refractivity contribution is -0.0524. The van der Waals surface area contributed by atoms with E-state index in [1.807, 2.05) is 36.4 Å². The van der Waals surface area contributed by atoms with Crippen LogP contribution in [0.4, 0.5) is 0 Å². The summed E-state index contributed by atoms with van der Waals surface area (Å²) in [5.74, 6) is 1.72. The minimum absolute atomic E-state index is 0.121. The van der Waals surface area contributed by atoms with Gasteiger partial charge < -0.3 is 15.2 Å². The molecule has 2 bridgehead atoms. The number of aliphatic hydroxyl groups is 1. The number of amides is 1. The SMILES string of the molecule is N#Cc1ccc(-c2ccc(CCNC(=O)c3ccc4c5c3O[C@H]3[C@@H](O)C=C[C@H]6C(C4)N(CC4CC4)CCC563)cc2)cc1. The molecule has 1 amide bonds. The second-order valence-electron chi connectivity index (χ2n) is 12.8. The number of hydrogen-bond acceptors (Lipinski definition) is 5. The quantitative estimate of drug-likeness (QED) is 0.409. The average molecular weight is 558 g/mol. The molecule has 0 radical (unpaired) electrons. The molecule has 0 aromatic heterocycles. The van der Waals surface area contributed by atoms with Crippen molar-refractivity contribution >= 4 is 5.91 Å². The van der Waals surface area contributed by atoms with E-state index in [-0.39, 0.29) is 17.4 Å². The van der Waals surface area contributed by atoms with E-state index < -0.39 is 6.10 Å². The topological polar surface area (TPSA) is 85.6 Å². The van der Waals surface area contributed by atoms with Gasteiger partial charge in [-0.1, -0.05) is 54.6 Å². The minimum atomic E-state index is -0.668. The molecule has 212 valence electrons. The number of nitrogens with zero attached hydrogens (tertiary/aromatic N) is 2. The van der Waals surface area contributed by atoms with Crippen LogP contribution in [0.15, 0.2) is 72.8 Å². The number of piperidine rings is 1. The van der Waals surface area contributed by atoms with Gasteiger partial charge in [0.25, 0.3) is 5.91 Å². The average Bonchev–Trinajstić information content (AvgIpc) is 3.77. The molecule has 3 aromatic carbocycles. The fraction of sp³-hybridized carbons (Fsp3) is 0.389. The lowest BCUT2D eigenvalue weighted by Crippen LogP contribution is -2.65. The van der Waals surface area contributed by atoms with E-state index in [2.05, 4.69) is 52.7 Å². The van der Waals surface area contributed by atoms with Crippen LogP contribution in [-0.2, 0) is 18.3 Å². The number of nitrogens with one attached hydrogen (secondary N) is 1. The lowest BCUT2D eigenvalue weighted by atomic mass is 9.53. The van der Waals surface area contributed by atoms with Crippen LogP contribution < -0.4 is 10.1 Å². The van der Waals surface area contributed by atoms with Crippen molar-refractivity contribution in [2.45, 2.75) is 55.8 Å². The Morgan fingerprint density at radius 3 is 2.55 bits per heavy atom. The molecule has 1 saturated carbocycles. The molecule has 6 heteroatoms. The lowest BCUT2D eigenvalue weighted by Gasteiger charge is -2.57. The smallest absolute Gasteiger partial charge is 0.255 e. The maximum atomic E-state index is 13.5. The Balaban J connectivity index is 0.997. The first-order valence-corrected chi connectivity index (χ1v) is 15.4. The molecule has 1 spiro atoms. The minimum Gasteiger partial charge on any atom is -0.485 e. The molecule has 2 N–H and O–H groups in total. The van der Waals surface area contributed by atoms with Crippen molar-refractivity contribution in [3.8, 4) is 22.9 Å². The van der Waals surface area contributed by atoms with Gasteiger partial charge in [-0.3, -0.25) is 9.69 Å². The predicted octanol–water partition coefficient (Wildman–Crippen LogP) is 4.78. The molecule has 42 heavy (non-hydrogen) atoms. The van der Waals surface area contributed by atoms with Gasteiger partial charge in [0.15, 0.2) is 0 Å². The van der Waals surface area contributed by atoms with Crippen LogP contribution >= 0.6 is 0 Å². The number of carbonyl (C=O) groups excluding carboxylic acids is 1. The summed E-state index contributed by atoms with van der Waals surface area (Å²) in [5.41, 5.74) is 6.76. The third kappa shape index (κ3) is 4.02. The molecule has 2 heterocycles. The van der Waals surface area contributed by atoms with Gasteiger partial charge >= 0.3 is 0 Å². The molecule has 2 unspecified atom stereocenters. The summed E-state index contributed by atoms with van der Waals surface area (Å²) in [6.45, 7) is 2.72. The highest BCUT2D eigenvalue weighted by molar-refractivity contribution is 5.98. The fourth-order valence-corrected chi connectivity index (χ4v) is 8.20. The number of ether oxygens (including phenoxy) is 1. The number of aliphatic hydroxyl groups excluding tert-OH is 1. The van der Waals surface area contributed by atoms with E-state index in [0.717, 1.165) is 48.4 Å². The van der Waals surface area contributed by atoms with Crippen LogP contribution in [0.3, 0.4) is 0 Å². The van der Waals surface area contributed by atoms with Crippen LogP contribution in [0.2, 0.25) is 0 Å². The summed E-state index contributed by atoms with van der Waals surface area (Å²) in [7, 11) is 0. The van der Waals surface area contributed by atoms with E-state index >= 15 is 0 Å². The Kier molecular flexibility index (Phi) is 6.03. The van der Waals surface area contributed by atoms with Gasteiger partial charge in [-0.05, 0) is 85.0 Å².